The average molecular weight is 248 g/mol. The van der Waals surface area contributed by atoms with Gasteiger partial charge in [-0.1, -0.05) is 6.92 Å². The maximum absolute atomic E-state index is 5.64. The number of piperidine rings is 1. The SMILES string of the molecule is CCN1CCC[C@@H](N2CCOc3ccnnc32)C1. The number of ether oxygens (including phenoxy) is 1. The summed E-state index contributed by atoms with van der Waals surface area (Å²) in [5.41, 5.74) is 0. The summed E-state index contributed by atoms with van der Waals surface area (Å²) in [4.78, 5) is 4.90. The molecule has 18 heavy (non-hydrogen) atoms. The van der Waals surface area contributed by atoms with Crippen LogP contribution in [0.15, 0.2) is 12.3 Å². The third kappa shape index (κ3) is 2.14. The fraction of sp³-hybridized carbons (Fsp3) is 0.692. The van der Waals surface area contributed by atoms with Gasteiger partial charge in [-0.15, -0.1) is 5.10 Å². The minimum absolute atomic E-state index is 0.554. The molecule has 1 fully saturated rings. The first-order valence-corrected chi connectivity index (χ1v) is 6.82. The predicted molar refractivity (Wildman–Crippen MR) is 70.0 cm³/mol. The molecule has 3 heterocycles. The Bertz CT molecular complexity index is 412. The second-order valence-corrected chi connectivity index (χ2v) is 4.95. The Labute approximate surface area is 108 Å². The van der Waals surface area contributed by atoms with Crippen LogP contribution in [0.25, 0.3) is 0 Å². The van der Waals surface area contributed by atoms with Crippen LogP contribution < -0.4 is 9.64 Å². The van der Waals surface area contributed by atoms with Crippen LogP contribution in [-0.2, 0) is 0 Å². The van der Waals surface area contributed by atoms with Gasteiger partial charge in [0.15, 0.2) is 11.6 Å². The highest BCUT2D eigenvalue weighted by Gasteiger charge is 2.29. The number of likely N-dealkylation sites (tertiary alicyclic amines) is 1. The number of hydrogen-bond donors (Lipinski definition) is 0. The van der Waals surface area contributed by atoms with Crippen molar-refractivity contribution >= 4 is 5.82 Å². The highest BCUT2D eigenvalue weighted by Crippen LogP contribution is 2.31. The van der Waals surface area contributed by atoms with Crippen LogP contribution in [0.2, 0.25) is 0 Å². The lowest BCUT2D eigenvalue weighted by atomic mass is 10.0. The van der Waals surface area contributed by atoms with Crippen molar-refractivity contribution < 1.29 is 4.74 Å². The van der Waals surface area contributed by atoms with Crippen molar-refractivity contribution in [3.05, 3.63) is 12.3 Å². The zero-order chi connectivity index (χ0) is 12.4. The lowest BCUT2D eigenvalue weighted by molar-refractivity contribution is 0.202. The van der Waals surface area contributed by atoms with Gasteiger partial charge in [-0.25, -0.2) is 0 Å². The molecular weight excluding hydrogens is 228 g/mol. The number of fused-ring (bicyclic) bond motifs is 1. The van der Waals surface area contributed by atoms with E-state index in [0.29, 0.717) is 6.04 Å². The van der Waals surface area contributed by atoms with Gasteiger partial charge in [0.1, 0.15) is 6.61 Å². The minimum atomic E-state index is 0.554. The molecule has 0 bridgehead atoms. The monoisotopic (exact) mass is 248 g/mol. The molecule has 0 unspecified atom stereocenters. The summed E-state index contributed by atoms with van der Waals surface area (Å²) in [5.74, 6) is 1.80. The summed E-state index contributed by atoms with van der Waals surface area (Å²) in [6, 6.07) is 2.47. The molecule has 0 amide bonds. The van der Waals surface area contributed by atoms with E-state index >= 15 is 0 Å². The van der Waals surface area contributed by atoms with E-state index in [9.17, 15) is 0 Å². The van der Waals surface area contributed by atoms with Crippen LogP contribution >= 0.6 is 0 Å². The lowest BCUT2D eigenvalue weighted by Crippen LogP contribution is -2.50. The molecule has 0 radical (unpaired) electrons. The van der Waals surface area contributed by atoms with Crippen molar-refractivity contribution in [1.82, 2.24) is 15.1 Å². The summed E-state index contributed by atoms with van der Waals surface area (Å²) < 4.78 is 5.64. The van der Waals surface area contributed by atoms with Gasteiger partial charge < -0.3 is 14.5 Å². The molecule has 2 aliphatic heterocycles. The van der Waals surface area contributed by atoms with Gasteiger partial charge in [-0.2, -0.15) is 5.10 Å². The van der Waals surface area contributed by atoms with Gasteiger partial charge in [-0.05, 0) is 25.9 Å². The molecule has 5 nitrogen and oxygen atoms in total. The van der Waals surface area contributed by atoms with Crippen molar-refractivity contribution in [2.45, 2.75) is 25.8 Å². The molecule has 5 heteroatoms. The van der Waals surface area contributed by atoms with Crippen molar-refractivity contribution in [3.8, 4) is 5.75 Å². The third-order valence-electron chi connectivity index (χ3n) is 3.90. The first-order chi connectivity index (χ1) is 8.88. The van der Waals surface area contributed by atoms with E-state index in [2.05, 4.69) is 26.9 Å². The number of anilines is 1. The smallest absolute Gasteiger partial charge is 0.194 e. The summed E-state index contributed by atoms with van der Waals surface area (Å²) >= 11 is 0. The number of rotatable bonds is 2. The predicted octanol–water partition coefficient (Wildman–Crippen LogP) is 1.16. The van der Waals surface area contributed by atoms with E-state index in [-0.39, 0.29) is 0 Å². The zero-order valence-electron chi connectivity index (χ0n) is 10.9. The molecule has 0 aromatic carbocycles. The highest BCUT2D eigenvalue weighted by atomic mass is 16.5. The molecule has 1 aromatic heterocycles. The maximum Gasteiger partial charge on any atom is 0.194 e. The van der Waals surface area contributed by atoms with Crippen molar-refractivity contribution in [1.29, 1.82) is 0 Å². The topological polar surface area (TPSA) is 41.5 Å². The van der Waals surface area contributed by atoms with Gasteiger partial charge in [0, 0.05) is 18.7 Å². The Morgan fingerprint density at radius 1 is 1.44 bits per heavy atom. The fourth-order valence-corrected chi connectivity index (χ4v) is 2.91. The van der Waals surface area contributed by atoms with Crippen LogP contribution in [0.1, 0.15) is 19.8 Å². The summed E-state index contributed by atoms with van der Waals surface area (Å²) in [6.07, 6.45) is 4.21. The summed E-state index contributed by atoms with van der Waals surface area (Å²) in [5, 5.41) is 8.26. The summed E-state index contributed by atoms with van der Waals surface area (Å²) in [7, 11) is 0. The van der Waals surface area contributed by atoms with E-state index in [1.807, 2.05) is 6.07 Å². The molecule has 0 saturated carbocycles. The third-order valence-corrected chi connectivity index (χ3v) is 3.90. The van der Waals surface area contributed by atoms with Crippen LogP contribution in [0, 0.1) is 0 Å². The van der Waals surface area contributed by atoms with Gasteiger partial charge in [-0.3, -0.25) is 0 Å². The standard InChI is InChI=1S/C13H20N4O/c1-2-16-7-3-4-11(10-16)17-8-9-18-12-5-6-14-15-13(12)17/h5-6,11H,2-4,7-10H2,1H3/t11-/m1/s1. The Morgan fingerprint density at radius 3 is 3.28 bits per heavy atom. The normalized spacial score (nSPS) is 24.5. The fourth-order valence-electron chi connectivity index (χ4n) is 2.91. The van der Waals surface area contributed by atoms with Crippen LogP contribution in [0.3, 0.4) is 0 Å². The highest BCUT2D eigenvalue weighted by molar-refractivity contribution is 5.53. The number of likely N-dealkylation sites (N-methyl/N-ethyl adjacent to an activating group) is 1. The van der Waals surface area contributed by atoms with Crippen molar-refractivity contribution in [3.63, 3.8) is 0 Å². The molecule has 1 saturated heterocycles. The molecule has 0 N–H and O–H groups in total. The van der Waals surface area contributed by atoms with E-state index in [4.69, 9.17) is 4.74 Å². The molecule has 0 spiro atoms. The average Bonchev–Trinajstić information content (AvgIpc) is 2.47. The Kier molecular flexibility index (Phi) is 3.32. The maximum atomic E-state index is 5.64. The largest absolute Gasteiger partial charge is 0.488 e. The van der Waals surface area contributed by atoms with Crippen LogP contribution in [0.4, 0.5) is 5.82 Å². The van der Waals surface area contributed by atoms with E-state index < -0.39 is 0 Å². The number of hydrogen-bond acceptors (Lipinski definition) is 5. The first-order valence-electron chi connectivity index (χ1n) is 6.82. The van der Waals surface area contributed by atoms with Gasteiger partial charge in [0.2, 0.25) is 0 Å². The van der Waals surface area contributed by atoms with Gasteiger partial charge in [0.05, 0.1) is 12.7 Å². The molecular formula is C13H20N4O. The van der Waals surface area contributed by atoms with Gasteiger partial charge >= 0.3 is 0 Å². The van der Waals surface area contributed by atoms with Crippen LogP contribution in [0.5, 0.6) is 5.75 Å². The number of aromatic nitrogens is 2. The first kappa shape index (κ1) is 11.7. The molecule has 98 valence electrons. The lowest BCUT2D eigenvalue weighted by Gasteiger charge is -2.41. The van der Waals surface area contributed by atoms with E-state index in [1.54, 1.807) is 6.20 Å². The zero-order valence-corrected chi connectivity index (χ0v) is 10.9. The number of nitrogens with zero attached hydrogens (tertiary/aromatic N) is 4. The second-order valence-electron chi connectivity index (χ2n) is 4.95. The minimum Gasteiger partial charge on any atom is -0.488 e. The Balaban J connectivity index is 1.80. The molecule has 2 aliphatic rings. The Hall–Kier alpha value is -1.36. The van der Waals surface area contributed by atoms with E-state index in [0.717, 1.165) is 37.8 Å². The summed E-state index contributed by atoms with van der Waals surface area (Å²) in [6.45, 7) is 7.40. The Morgan fingerprint density at radius 2 is 2.39 bits per heavy atom. The van der Waals surface area contributed by atoms with Crippen molar-refractivity contribution in [2.24, 2.45) is 0 Å². The quantitative estimate of drug-likeness (QED) is 0.785. The van der Waals surface area contributed by atoms with Gasteiger partial charge in [0.25, 0.3) is 0 Å². The molecule has 1 aromatic rings. The second kappa shape index (κ2) is 5.10. The van der Waals surface area contributed by atoms with Crippen LogP contribution in [-0.4, -0.2) is 53.9 Å². The van der Waals surface area contributed by atoms with Crippen molar-refractivity contribution in [2.75, 3.05) is 37.7 Å². The molecule has 1 atom stereocenters. The van der Waals surface area contributed by atoms with E-state index in [1.165, 1.54) is 19.4 Å². The molecule has 0 aliphatic carbocycles. The molecule has 3 rings (SSSR count).